The fourth-order valence-electron chi connectivity index (χ4n) is 1.77. The molecule has 0 aliphatic heterocycles. The largest absolute Gasteiger partial charge is 0.493 e. The fraction of sp³-hybridized carbons (Fsp3) is 0.133. The van der Waals surface area contributed by atoms with Crippen LogP contribution in [0.3, 0.4) is 0 Å². The number of rotatable bonds is 5. The van der Waals surface area contributed by atoms with Crippen LogP contribution in [-0.4, -0.2) is 12.1 Å². The predicted octanol–water partition coefficient (Wildman–Crippen LogP) is 3.70. The van der Waals surface area contributed by atoms with Crippen LogP contribution < -0.4 is 15.2 Å². The molecule has 0 saturated carbocycles. The van der Waals surface area contributed by atoms with Gasteiger partial charge in [0.2, 0.25) is 0 Å². The highest BCUT2D eigenvalue weighted by Gasteiger charge is 2.14. The third-order valence-corrected chi connectivity index (χ3v) is 3.36. The average molecular weight is 326 g/mol. The quantitative estimate of drug-likeness (QED) is 0.851. The van der Waals surface area contributed by atoms with E-state index in [0.29, 0.717) is 27.6 Å². The molecule has 6 heteroatoms. The Morgan fingerprint density at radius 1 is 1.33 bits per heavy atom. The lowest BCUT2D eigenvalue weighted by molar-refractivity contribution is 0.280. The molecule has 2 N–H and O–H groups in total. The molecule has 0 bridgehead atoms. The number of nitrogens with two attached hydrogens (primary N) is 1. The van der Waals surface area contributed by atoms with Crippen LogP contribution in [0.5, 0.6) is 11.5 Å². The Balaban J connectivity index is 2.28. The first-order valence-electron chi connectivity index (χ1n) is 6.06. The van der Waals surface area contributed by atoms with Crippen molar-refractivity contribution in [2.45, 2.75) is 6.61 Å². The molecule has 3 nitrogen and oxygen atoms in total. The zero-order chi connectivity index (χ0) is 15.4. The second kappa shape index (κ2) is 6.74. The number of thiocarbonyl (C=S) groups is 1. The molecule has 0 radical (unpaired) electrons. The monoisotopic (exact) mass is 325 g/mol. The highest BCUT2D eigenvalue weighted by molar-refractivity contribution is 7.80. The molecule has 2 aromatic rings. The lowest BCUT2D eigenvalue weighted by Gasteiger charge is -2.14. The lowest BCUT2D eigenvalue weighted by atomic mass is 10.2. The molecule has 110 valence electrons. The first-order chi connectivity index (χ1) is 10.0. The smallest absolute Gasteiger partial charge is 0.180 e. The molecule has 2 aromatic carbocycles. The number of hydrogen-bond donors (Lipinski definition) is 1. The molecule has 0 fully saturated rings. The zero-order valence-electron chi connectivity index (χ0n) is 11.2. The molecule has 0 amide bonds. The van der Waals surface area contributed by atoms with E-state index in [2.05, 4.69) is 0 Å². The number of ether oxygens (including phenoxy) is 2. The second-order valence-electron chi connectivity index (χ2n) is 4.23. The van der Waals surface area contributed by atoms with E-state index in [-0.39, 0.29) is 17.4 Å². The SMILES string of the molecule is COc1cc(C(N)=S)cc(Cl)c1OCc1ccccc1F. The van der Waals surface area contributed by atoms with Gasteiger partial charge in [0.15, 0.2) is 11.5 Å². The Morgan fingerprint density at radius 2 is 2.05 bits per heavy atom. The van der Waals surface area contributed by atoms with E-state index in [1.165, 1.54) is 13.2 Å². The molecule has 2 rings (SSSR count). The molecule has 0 spiro atoms. The number of benzene rings is 2. The van der Waals surface area contributed by atoms with E-state index in [0.717, 1.165) is 0 Å². The van der Waals surface area contributed by atoms with Gasteiger partial charge in [0.25, 0.3) is 0 Å². The van der Waals surface area contributed by atoms with Crippen LogP contribution in [0.2, 0.25) is 5.02 Å². The molecule has 0 atom stereocenters. The minimum absolute atomic E-state index is 0.0369. The van der Waals surface area contributed by atoms with Gasteiger partial charge in [-0.1, -0.05) is 42.0 Å². The topological polar surface area (TPSA) is 44.5 Å². The molecule has 0 heterocycles. The Hall–Kier alpha value is -1.85. The fourth-order valence-corrected chi connectivity index (χ4v) is 2.15. The molecule has 0 aliphatic carbocycles. The van der Waals surface area contributed by atoms with Crippen LogP contribution in [0.4, 0.5) is 4.39 Å². The normalized spacial score (nSPS) is 10.2. The maximum Gasteiger partial charge on any atom is 0.180 e. The number of halogens is 2. The highest BCUT2D eigenvalue weighted by Crippen LogP contribution is 2.37. The molecule has 0 aromatic heterocycles. The van der Waals surface area contributed by atoms with E-state index in [1.807, 2.05) is 0 Å². The molecule has 0 aliphatic rings. The first-order valence-corrected chi connectivity index (χ1v) is 6.85. The predicted molar refractivity (Wildman–Crippen MR) is 84.6 cm³/mol. The van der Waals surface area contributed by atoms with Crippen molar-refractivity contribution >= 4 is 28.8 Å². The van der Waals surface area contributed by atoms with Crippen molar-refractivity contribution in [1.82, 2.24) is 0 Å². The molecule has 0 saturated heterocycles. The van der Waals surface area contributed by atoms with Crippen LogP contribution in [-0.2, 0) is 6.61 Å². The Kier molecular flexibility index (Phi) is 4.98. The first kappa shape index (κ1) is 15.5. The van der Waals surface area contributed by atoms with Crippen LogP contribution >= 0.6 is 23.8 Å². The van der Waals surface area contributed by atoms with Gasteiger partial charge in [0.05, 0.1) is 12.1 Å². The zero-order valence-corrected chi connectivity index (χ0v) is 12.8. The summed E-state index contributed by atoms with van der Waals surface area (Å²) in [5.41, 5.74) is 6.57. The van der Waals surface area contributed by atoms with Crippen LogP contribution in [0.1, 0.15) is 11.1 Å². The van der Waals surface area contributed by atoms with Gasteiger partial charge in [0.1, 0.15) is 17.4 Å². The second-order valence-corrected chi connectivity index (χ2v) is 5.08. The third-order valence-electron chi connectivity index (χ3n) is 2.84. The van der Waals surface area contributed by atoms with Crippen molar-refractivity contribution in [3.05, 3.63) is 58.4 Å². The highest BCUT2D eigenvalue weighted by atomic mass is 35.5. The third kappa shape index (κ3) is 3.62. The molecule has 21 heavy (non-hydrogen) atoms. The summed E-state index contributed by atoms with van der Waals surface area (Å²) in [4.78, 5) is 0.204. The van der Waals surface area contributed by atoms with Crippen LogP contribution in [0.25, 0.3) is 0 Å². The maximum atomic E-state index is 13.6. The van der Waals surface area contributed by atoms with Gasteiger partial charge in [-0.25, -0.2) is 4.39 Å². The number of hydrogen-bond acceptors (Lipinski definition) is 3. The van der Waals surface area contributed by atoms with E-state index >= 15 is 0 Å². The summed E-state index contributed by atoms with van der Waals surface area (Å²) in [6.45, 7) is 0.0369. The van der Waals surface area contributed by atoms with Gasteiger partial charge in [0, 0.05) is 11.1 Å². The minimum Gasteiger partial charge on any atom is -0.493 e. The summed E-state index contributed by atoms with van der Waals surface area (Å²) in [5.74, 6) is 0.372. The standard InChI is InChI=1S/C15H13ClFNO2S/c1-19-13-7-10(15(18)21)6-11(16)14(13)20-8-9-4-2-3-5-12(9)17/h2-7H,8H2,1H3,(H2,18,21). The van der Waals surface area contributed by atoms with E-state index in [4.69, 9.17) is 39.0 Å². The van der Waals surface area contributed by atoms with Crippen molar-refractivity contribution in [2.24, 2.45) is 5.73 Å². The molecular formula is C15H13ClFNO2S. The Labute approximate surface area is 132 Å². The maximum absolute atomic E-state index is 13.6. The summed E-state index contributed by atoms with van der Waals surface area (Å²) in [6, 6.07) is 9.57. The van der Waals surface area contributed by atoms with Crippen molar-refractivity contribution in [3.63, 3.8) is 0 Å². The summed E-state index contributed by atoms with van der Waals surface area (Å²) in [6.07, 6.45) is 0. The number of methoxy groups -OCH3 is 1. The van der Waals surface area contributed by atoms with Gasteiger partial charge in [-0.05, 0) is 18.2 Å². The summed E-state index contributed by atoms with van der Waals surface area (Å²) >= 11 is 11.1. The van der Waals surface area contributed by atoms with Crippen molar-refractivity contribution < 1.29 is 13.9 Å². The van der Waals surface area contributed by atoms with E-state index < -0.39 is 0 Å². The summed E-state index contributed by atoms with van der Waals surface area (Å²) < 4.78 is 24.4. The van der Waals surface area contributed by atoms with Gasteiger partial charge in [-0.2, -0.15) is 0 Å². The molecule has 0 unspecified atom stereocenters. The van der Waals surface area contributed by atoms with Crippen LogP contribution in [0.15, 0.2) is 36.4 Å². The van der Waals surface area contributed by atoms with Crippen molar-refractivity contribution in [3.8, 4) is 11.5 Å². The summed E-state index contributed by atoms with van der Waals surface area (Å²) in [5, 5.41) is 0.300. The van der Waals surface area contributed by atoms with Gasteiger partial charge >= 0.3 is 0 Å². The minimum atomic E-state index is -0.340. The van der Waals surface area contributed by atoms with Crippen LogP contribution in [0, 0.1) is 5.82 Å². The van der Waals surface area contributed by atoms with Crippen molar-refractivity contribution in [1.29, 1.82) is 0 Å². The summed E-state index contributed by atoms with van der Waals surface area (Å²) in [7, 11) is 1.48. The Morgan fingerprint density at radius 3 is 2.67 bits per heavy atom. The average Bonchev–Trinajstić information content (AvgIpc) is 2.46. The Bertz CT molecular complexity index is 679. The lowest BCUT2D eigenvalue weighted by Crippen LogP contribution is -2.10. The molecular weight excluding hydrogens is 313 g/mol. The van der Waals surface area contributed by atoms with Gasteiger partial charge in [-0.15, -0.1) is 0 Å². The van der Waals surface area contributed by atoms with E-state index in [9.17, 15) is 4.39 Å². The van der Waals surface area contributed by atoms with Gasteiger partial charge in [-0.3, -0.25) is 0 Å². The van der Waals surface area contributed by atoms with E-state index in [1.54, 1.807) is 30.3 Å². The van der Waals surface area contributed by atoms with Gasteiger partial charge < -0.3 is 15.2 Å². The van der Waals surface area contributed by atoms with Crippen molar-refractivity contribution in [2.75, 3.05) is 7.11 Å².